The Hall–Kier alpha value is -0.680. The number of hydrogen-bond donors (Lipinski definition) is 1. The molecular weight excluding hydrogens is 208 g/mol. The Morgan fingerprint density at radius 1 is 1.53 bits per heavy atom. The van der Waals surface area contributed by atoms with Crippen LogP contribution in [-0.4, -0.2) is 35.1 Å². The lowest BCUT2D eigenvalue weighted by Gasteiger charge is -2.29. The lowest BCUT2D eigenvalue weighted by Crippen LogP contribution is -2.29. The molecule has 1 aromatic heterocycles. The molecule has 15 heavy (non-hydrogen) atoms. The quantitative estimate of drug-likeness (QED) is 0.831. The van der Waals surface area contributed by atoms with Gasteiger partial charge in [-0.1, -0.05) is 10.9 Å². The van der Waals surface area contributed by atoms with Gasteiger partial charge in [0.25, 0.3) is 0 Å². The van der Waals surface area contributed by atoms with Crippen LogP contribution in [0.4, 0.5) is 5.00 Å². The van der Waals surface area contributed by atoms with E-state index >= 15 is 0 Å². The first kappa shape index (κ1) is 10.8. The number of nitrogens with one attached hydrogen (secondary N) is 1. The standard InChI is InChI=1S/C10H18N4S/c1-11-10-9(12-13-15-10)7-14(2)6-8-4-3-5-8/h8,11H,3-7H2,1-2H3. The highest BCUT2D eigenvalue weighted by atomic mass is 32.1. The van der Waals surface area contributed by atoms with Crippen molar-refractivity contribution in [2.24, 2.45) is 5.92 Å². The van der Waals surface area contributed by atoms with Crippen LogP contribution in [0, 0.1) is 5.92 Å². The molecule has 1 aromatic rings. The van der Waals surface area contributed by atoms with Gasteiger partial charge >= 0.3 is 0 Å². The molecule has 1 aliphatic rings. The topological polar surface area (TPSA) is 41.1 Å². The van der Waals surface area contributed by atoms with Gasteiger partial charge in [0.1, 0.15) is 10.7 Å². The second-order valence-corrected chi connectivity index (χ2v) is 5.05. The summed E-state index contributed by atoms with van der Waals surface area (Å²) < 4.78 is 3.96. The van der Waals surface area contributed by atoms with Gasteiger partial charge in [-0.2, -0.15) is 0 Å². The molecule has 1 N–H and O–H groups in total. The molecule has 0 spiro atoms. The Morgan fingerprint density at radius 2 is 2.33 bits per heavy atom. The van der Waals surface area contributed by atoms with E-state index in [4.69, 9.17) is 0 Å². The molecule has 84 valence electrons. The lowest BCUT2D eigenvalue weighted by molar-refractivity contribution is 0.199. The summed E-state index contributed by atoms with van der Waals surface area (Å²) in [7, 11) is 4.09. The molecule has 1 saturated carbocycles. The van der Waals surface area contributed by atoms with Crippen LogP contribution >= 0.6 is 11.5 Å². The van der Waals surface area contributed by atoms with E-state index in [9.17, 15) is 0 Å². The SMILES string of the molecule is CNc1snnc1CN(C)CC1CCC1. The lowest BCUT2D eigenvalue weighted by atomic mass is 9.85. The molecule has 1 heterocycles. The van der Waals surface area contributed by atoms with Crippen molar-refractivity contribution < 1.29 is 0 Å². The van der Waals surface area contributed by atoms with Crippen molar-refractivity contribution in [2.75, 3.05) is 26.0 Å². The zero-order valence-electron chi connectivity index (χ0n) is 9.36. The van der Waals surface area contributed by atoms with Crippen molar-refractivity contribution in [1.82, 2.24) is 14.5 Å². The molecule has 1 fully saturated rings. The molecule has 5 heteroatoms. The fourth-order valence-corrected chi connectivity index (χ4v) is 2.46. The maximum absolute atomic E-state index is 4.14. The predicted octanol–water partition coefficient (Wildman–Crippen LogP) is 1.81. The molecule has 0 amide bonds. The smallest absolute Gasteiger partial charge is 0.134 e. The Morgan fingerprint density at radius 3 is 2.93 bits per heavy atom. The van der Waals surface area contributed by atoms with Gasteiger partial charge in [-0.15, -0.1) is 5.10 Å². The van der Waals surface area contributed by atoms with Crippen molar-refractivity contribution in [3.63, 3.8) is 0 Å². The van der Waals surface area contributed by atoms with Gasteiger partial charge in [0.05, 0.1) is 0 Å². The first-order chi connectivity index (χ1) is 7.29. The van der Waals surface area contributed by atoms with E-state index in [1.165, 1.54) is 37.3 Å². The molecule has 1 aliphatic carbocycles. The van der Waals surface area contributed by atoms with Crippen LogP contribution in [0.5, 0.6) is 0 Å². The van der Waals surface area contributed by atoms with Crippen molar-refractivity contribution in [1.29, 1.82) is 0 Å². The summed E-state index contributed by atoms with van der Waals surface area (Å²) in [5, 5.41) is 8.36. The van der Waals surface area contributed by atoms with E-state index in [1.54, 1.807) is 0 Å². The number of hydrogen-bond acceptors (Lipinski definition) is 5. The third-order valence-electron chi connectivity index (χ3n) is 3.00. The number of aromatic nitrogens is 2. The zero-order valence-corrected chi connectivity index (χ0v) is 10.2. The summed E-state index contributed by atoms with van der Waals surface area (Å²) in [5.41, 5.74) is 1.07. The van der Waals surface area contributed by atoms with E-state index in [2.05, 4.69) is 26.9 Å². The highest BCUT2D eigenvalue weighted by molar-refractivity contribution is 7.10. The minimum Gasteiger partial charge on any atom is -0.377 e. The largest absolute Gasteiger partial charge is 0.377 e. The average molecular weight is 226 g/mol. The van der Waals surface area contributed by atoms with Gasteiger partial charge in [0.2, 0.25) is 0 Å². The minimum atomic E-state index is 0.906. The van der Waals surface area contributed by atoms with Crippen LogP contribution in [-0.2, 0) is 6.54 Å². The van der Waals surface area contributed by atoms with Crippen molar-refractivity contribution in [2.45, 2.75) is 25.8 Å². The molecule has 0 atom stereocenters. The van der Waals surface area contributed by atoms with E-state index in [-0.39, 0.29) is 0 Å². The molecule has 0 unspecified atom stereocenters. The van der Waals surface area contributed by atoms with Crippen molar-refractivity contribution in [3.05, 3.63) is 5.69 Å². The molecule has 0 radical (unpaired) electrons. The number of anilines is 1. The molecule has 4 nitrogen and oxygen atoms in total. The molecule has 0 aliphatic heterocycles. The first-order valence-corrected chi connectivity index (χ1v) is 6.24. The normalized spacial score (nSPS) is 16.7. The van der Waals surface area contributed by atoms with Gasteiger partial charge in [-0.25, -0.2) is 0 Å². The third kappa shape index (κ3) is 2.66. The Labute approximate surface area is 94.8 Å². The number of nitrogens with zero attached hydrogens (tertiary/aromatic N) is 3. The second-order valence-electron chi connectivity index (χ2n) is 4.29. The van der Waals surface area contributed by atoms with Gasteiger partial charge < -0.3 is 10.2 Å². The van der Waals surface area contributed by atoms with Gasteiger partial charge in [-0.3, -0.25) is 0 Å². The van der Waals surface area contributed by atoms with Gasteiger partial charge in [0, 0.05) is 31.7 Å². The highest BCUT2D eigenvalue weighted by Crippen LogP contribution is 2.27. The zero-order chi connectivity index (χ0) is 10.7. The summed E-state index contributed by atoms with van der Waals surface area (Å²) in [6.07, 6.45) is 4.22. The summed E-state index contributed by atoms with van der Waals surface area (Å²) >= 11 is 1.43. The predicted molar refractivity (Wildman–Crippen MR) is 63.1 cm³/mol. The van der Waals surface area contributed by atoms with Crippen LogP contribution in [0.15, 0.2) is 0 Å². The van der Waals surface area contributed by atoms with Crippen LogP contribution in [0.25, 0.3) is 0 Å². The van der Waals surface area contributed by atoms with Crippen molar-refractivity contribution in [3.8, 4) is 0 Å². The maximum Gasteiger partial charge on any atom is 0.134 e. The molecule has 0 aromatic carbocycles. The summed E-state index contributed by atoms with van der Waals surface area (Å²) in [6, 6.07) is 0. The van der Waals surface area contributed by atoms with Gasteiger partial charge in [-0.05, 0) is 25.8 Å². The van der Waals surface area contributed by atoms with E-state index < -0.39 is 0 Å². The fraction of sp³-hybridized carbons (Fsp3) is 0.800. The molecule has 2 rings (SSSR count). The fourth-order valence-electron chi connectivity index (χ4n) is 1.94. The number of rotatable bonds is 5. The minimum absolute atomic E-state index is 0.906. The Balaban J connectivity index is 1.84. The van der Waals surface area contributed by atoms with E-state index in [1.807, 2.05) is 7.05 Å². The second kappa shape index (κ2) is 4.90. The summed E-state index contributed by atoms with van der Waals surface area (Å²) in [6.45, 7) is 2.10. The third-order valence-corrected chi connectivity index (χ3v) is 3.78. The Bertz CT molecular complexity index is 308. The highest BCUT2D eigenvalue weighted by Gasteiger charge is 2.19. The molecular formula is C10H18N4S. The molecule has 0 bridgehead atoms. The first-order valence-electron chi connectivity index (χ1n) is 5.47. The maximum atomic E-state index is 4.14. The van der Waals surface area contributed by atoms with E-state index in [0.29, 0.717) is 0 Å². The van der Waals surface area contributed by atoms with Crippen LogP contribution in [0.3, 0.4) is 0 Å². The monoisotopic (exact) mass is 226 g/mol. The van der Waals surface area contributed by atoms with Crippen molar-refractivity contribution >= 4 is 16.5 Å². The average Bonchev–Trinajstić information content (AvgIpc) is 2.59. The molecule has 0 saturated heterocycles. The Kier molecular flexibility index (Phi) is 3.53. The van der Waals surface area contributed by atoms with Crippen LogP contribution in [0.1, 0.15) is 25.0 Å². The van der Waals surface area contributed by atoms with Crippen LogP contribution in [0.2, 0.25) is 0 Å². The summed E-state index contributed by atoms with van der Waals surface area (Å²) in [5.74, 6) is 0.916. The van der Waals surface area contributed by atoms with Gasteiger partial charge in [0.15, 0.2) is 0 Å². The van der Waals surface area contributed by atoms with Crippen LogP contribution < -0.4 is 5.32 Å². The summed E-state index contributed by atoms with van der Waals surface area (Å²) in [4.78, 5) is 2.35. The van der Waals surface area contributed by atoms with E-state index in [0.717, 1.165) is 23.2 Å².